The van der Waals surface area contributed by atoms with Gasteiger partial charge in [0.1, 0.15) is 12.4 Å². The maximum Gasteiger partial charge on any atom is 0.244 e. The van der Waals surface area contributed by atoms with E-state index in [2.05, 4.69) is 66.7 Å². The summed E-state index contributed by atoms with van der Waals surface area (Å²) < 4.78 is 7.84. The zero-order chi connectivity index (χ0) is 22.3. The molecule has 1 amide bonds. The third-order valence-corrected chi connectivity index (χ3v) is 6.05. The van der Waals surface area contributed by atoms with Gasteiger partial charge in [-0.15, -0.1) is 0 Å². The summed E-state index contributed by atoms with van der Waals surface area (Å²) in [6, 6.07) is 27.8. The van der Waals surface area contributed by atoms with E-state index in [4.69, 9.17) is 4.74 Å². The minimum Gasteiger partial charge on any atom is -0.488 e. The van der Waals surface area contributed by atoms with Crippen LogP contribution in [0.25, 0.3) is 10.8 Å². The van der Waals surface area contributed by atoms with Crippen LogP contribution in [0.1, 0.15) is 16.7 Å². The molecule has 4 rings (SSSR count). The van der Waals surface area contributed by atoms with Gasteiger partial charge in [0.2, 0.25) is 5.91 Å². The number of halogens is 2. The summed E-state index contributed by atoms with van der Waals surface area (Å²) in [6.45, 7) is 0.472. The molecule has 0 aliphatic rings. The molecule has 0 aliphatic carbocycles. The molecule has 0 heterocycles. The summed E-state index contributed by atoms with van der Waals surface area (Å²) >= 11 is 6.95. The first kappa shape index (κ1) is 22.2. The topological polar surface area (TPSA) is 50.7 Å². The highest BCUT2D eigenvalue weighted by Gasteiger charge is 2.06. The Hall–Kier alpha value is -2.96. The van der Waals surface area contributed by atoms with Crippen LogP contribution in [0.3, 0.4) is 0 Å². The molecular weight excluding hydrogens is 532 g/mol. The highest BCUT2D eigenvalue weighted by molar-refractivity contribution is 9.10. The molecule has 0 spiro atoms. The summed E-state index contributed by atoms with van der Waals surface area (Å²) in [5, 5.41) is 6.44. The van der Waals surface area contributed by atoms with Crippen molar-refractivity contribution in [1.82, 2.24) is 5.43 Å². The summed E-state index contributed by atoms with van der Waals surface area (Å²) in [5.74, 6) is 0.576. The van der Waals surface area contributed by atoms with Gasteiger partial charge in [0, 0.05) is 4.47 Å². The maximum absolute atomic E-state index is 12.1. The largest absolute Gasteiger partial charge is 0.488 e. The second kappa shape index (κ2) is 10.6. The molecular formula is C26H20Br2N2O2. The lowest BCUT2D eigenvalue weighted by atomic mass is 10.1. The zero-order valence-electron chi connectivity index (χ0n) is 17.1. The quantitative estimate of drug-likeness (QED) is 0.207. The van der Waals surface area contributed by atoms with Gasteiger partial charge in [-0.25, -0.2) is 5.43 Å². The highest BCUT2D eigenvalue weighted by Crippen LogP contribution is 2.27. The number of hydrogen-bond donors (Lipinski definition) is 1. The number of carbonyl (C=O) groups is 1. The molecule has 0 saturated heterocycles. The maximum atomic E-state index is 12.1. The fraction of sp³-hybridized carbons (Fsp3) is 0.0769. The number of nitrogens with zero attached hydrogens (tertiary/aromatic N) is 1. The first-order valence-electron chi connectivity index (χ1n) is 10.0. The molecule has 0 radical (unpaired) electrons. The summed E-state index contributed by atoms with van der Waals surface area (Å²) in [7, 11) is 0. The first-order valence-corrected chi connectivity index (χ1v) is 11.6. The molecule has 0 bridgehead atoms. The number of carbonyl (C=O) groups excluding carboxylic acids is 1. The van der Waals surface area contributed by atoms with Crippen LogP contribution in [-0.4, -0.2) is 12.1 Å². The fourth-order valence-electron chi connectivity index (χ4n) is 3.29. The van der Waals surface area contributed by atoms with Crippen molar-refractivity contribution in [3.8, 4) is 5.75 Å². The standard InChI is InChI=1S/C26H20Br2N2O2/c27-22-11-8-18(9-12-22)15-26(31)30-29-16-19-10-13-25(24(28)14-19)32-17-21-6-3-5-20-4-1-2-7-23(20)21/h1-14,16H,15,17H2,(H,30,31)/b29-16-. The monoisotopic (exact) mass is 550 g/mol. The highest BCUT2D eigenvalue weighted by atomic mass is 79.9. The van der Waals surface area contributed by atoms with Crippen LogP contribution in [0.2, 0.25) is 0 Å². The average Bonchev–Trinajstić information content (AvgIpc) is 2.80. The molecule has 4 aromatic carbocycles. The van der Waals surface area contributed by atoms with Crippen molar-refractivity contribution in [1.29, 1.82) is 0 Å². The number of rotatable bonds is 7. The number of hydrazone groups is 1. The first-order chi connectivity index (χ1) is 15.6. The molecule has 0 atom stereocenters. The van der Waals surface area contributed by atoms with E-state index in [9.17, 15) is 4.79 Å². The Labute approximate surface area is 203 Å². The minimum atomic E-state index is -0.169. The summed E-state index contributed by atoms with van der Waals surface area (Å²) in [5.41, 5.74) is 5.47. The molecule has 6 heteroatoms. The smallest absolute Gasteiger partial charge is 0.244 e. The van der Waals surface area contributed by atoms with Gasteiger partial charge in [0.25, 0.3) is 0 Å². The van der Waals surface area contributed by atoms with Crippen LogP contribution in [0, 0.1) is 0 Å². The Morgan fingerprint density at radius 3 is 2.53 bits per heavy atom. The van der Waals surface area contributed by atoms with Gasteiger partial charge in [0.05, 0.1) is 17.1 Å². The Morgan fingerprint density at radius 2 is 1.72 bits per heavy atom. The Morgan fingerprint density at radius 1 is 0.938 bits per heavy atom. The van der Waals surface area contributed by atoms with Gasteiger partial charge in [-0.05, 0) is 73.7 Å². The van der Waals surface area contributed by atoms with E-state index in [1.807, 2.05) is 60.7 Å². The number of ether oxygens (including phenoxy) is 1. The average molecular weight is 552 g/mol. The van der Waals surface area contributed by atoms with Crippen LogP contribution in [0.15, 0.2) is 99.0 Å². The molecule has 4 aromatic rings. The lowest BCUT2D eigenvalue weighted by molar-refractivity contribution is -0.120. The van der Waals surface area contributed by atoms with Gasteiger partial charge in [0.15, 0.2) is 0 Å². The van der Waals surface area contributed by atoms with Gasteiger partial charge >= 0.3 is 0 Å². The number of amides is 1. The van der Waals surface area contributed by atoms with E-state index >= 15 is 0 Å². The number of nitrogens with one attached hydrogen (secondary N) is 1. The number of fused-ring (bicyclic) bond motifs is 1. The van der Waals surface area contributed by atoms with E-state index in [1.54, 1.807) is 6.21 Å². The van der Waals surface area contributed by atoms with Gasteiger partial charge in [-0.1, -0.05) is 70.5 Å². The van der Waals surface area contributed by atoms with Crippen molar-refractivity contribution >= 4 is 54.8 Å². The van der Waals surface area contributed by atoms with Crippen molar-refractivity contribution in [3.63, 3.8) is 0 Å². The van der Waals surface area contributed by atoms with Crippen LogP contribution in [0.4, 0.5) is 0 Å². The van der Waals surface area contributed by atoms with Gasteiger partial charge in [-0.3, -0.25) is 4.79 Å². The number of hydrogen-bond acceptors (Lipinski definition) is 3. The number of benzene rings is 4. The van der Waals surface area contributed by atoms with E-state index in [-0.39, 0.29) is 12.3 Å². The Balaban J connectivity index is 1.34. The SMILES string of the molecule is O=C(Cc1ccc(Br)cc1)N/N=C\c1ccc(OCc2cccc3ccccc23)c(Br)c1. The third-order valence-electron chi connectivity index (χ3n) is 4.90. The molecule has 0 fully saturated rings. The van der Waals surface area contributed by atoms with Crippen molar-refractivity contribution in [3.05, 3.63) is 111 Å². The van der Waals surface area contributed by atoms with E-state index in [1.165, 1.54) is 10.8 Å². The molecule has 4 nitrogen and oxygen atoms in total. The van der Waals surface area contributed by atoms with Crippen LogP contribution < -0.4 is 10.2 Å². The predicted molar refractivity (Wildman–Crippen MR) is 136 cm³/mol. The lowest BCUT2D eigenvalue weighted by Crippen LogP contribution is -2.19. The molecule has 1 N–H and O–H groups in total. The molecule has 0 aliphatic heterocycles. The Bertz CT molecular complexity index is 1270. The van der Waals surface area contributed by atoms with Crippen LogP contribution in [0.5, 0.6) is 5.75 Å². The van der Waals surface area contributed by atoms with Crippen molar-refractivity contribution in [2.24, 2.45) is 5.10 Å². The Kier molecular flexibility index (Phi) is 7.35. The second-order valence-corrected chi connectivity index (χ2v) is 8.98. The van der Waals surface area contributed by atoms with E-state index in [0.29, 0.717) is 6.61 Å². The minimum absolute atomic E-state index is 0.169. The van der Waals surface area contributed by atoms with Crippen LogP contribution >= 0.6 is 31.9 Å². The van der Waals surface area contributed by atoms with Crippen LogP contribution in [-0.2, 0) is 17.8 Å². The summed E-state index contributed by atoms with van der Waals surface area (Å²) in [6.07, 6.45) is 1.88. The van der Waals surface area contributed by atoms with Gasteiger partial charge in [-0.2, -0.15) is 5.10 Å². The van der Waals surface area contributed by atoms with E-state index < -0.39 is 0 Å². The molecule has 0 saturated carbocycles. The predicted octanol–water partition coefficient (Wildman–Crippen LogP) is 6.64. The van der Waals surface area contributed by atoms with E-state index in [0.717, 1.165) is 31.4 Å². The van der Waals surface area contributed by atoms with Crippen molar-refractivity contribution in [2.45, 2.75) is 13.0 Å². The molecule has 0 aromatic heterocycles. The molecule has 0 unspecified atom stereocenters. The molecule has 160 valence electrons. The van der Waals surface area contributed by atoms with Gasteiger partial charge < -0.3 is 4.74 Å². The summed E-state index contributed by atoms with van der Waals surface area (Å²) in [4.78, 5) is 12.1. The zero-order valence-corrected chi connectivity index (χ0v) is 20.3. The fourth-order valence-corrected chi connectivity index (χ4v) is 4.07. The molecule has 32 heavy (non-hydrogen) atoms. The lowest BCUT2D eigenvalue weighted by Gasteiger charge is -2.11. The van der Waals surface area contributed by atoms with Crippen molar-refractivity contribution < 1.29 is 9.53 Å². The second-order valence-electron chi connectivity index (χ2n) is 7.21. The normalized spacial score (nSPS) is 11.1. The van der Waals surface area contributed by atoms with Crippen molar-refractivity contribution in [2.75, 3.05) is 0 Å². The third kappa shape index (κ3) is 5.84.